The lowest BCUT2D eigenvalue weighted by molar-refractivity contribution is -0.155. The fourth-order valence-electron chi connectivity index (χ4n) is 2.80. The number of nitrogens with zero attached hydrogens (tertiary/aromatic N) is 1. The largest absolute Gasteiger partial charge is 0.478 e. The van der Waals surface area contributed by atoms with Crippen LogP contribution in [-0.2, 0) is 9.53 Å². The van der Waals surface area contributed by atoms with Crippen LogP contribution in [0.1, 0.15) is 37.6 Å². The standard InChI is InChI=1S/C12H23NO3.C7H7NO2.ClH/c1-4-16-12(15)10-8-13(7-9(2)3)6-5-11(10)14;8-6-3-1-5(2-4-6)7(9)10;/h9-11,14H,4-8H2,1-3H3;1-4H,8H2,(H,9,10);1H. The van der Waals surface area contributed by atoms with Crippen molar-refractivity contribution in [2.24, 2.45) is 11.8 Å². The Balaban J connectivity index is 0.000000531. The molecule has 1 aromatic rings. The minimum Gasteiger partial charge on any atom is -0.478 e. The molecule has 0 aromatic heterocycles. The summed E-state index contributed by atoms with van der Waals surface area (Å²) < 4.78 is 4.98. The number of nitrogen functional groups attached to an aromatic ring is 1. The number of esters is 1. The van der Waals surface area contributed by atoms with Crippen LogP contribution in [0.25, 0.3) is 0 Å². The molecule has 7 nitrogen and oxygen atoms in total. The molecular weight excluding hydrogens is 372 g/mol. The molecule has 1 saturated heterocycles. The summed E-state index contributed by atoms with van der Waals surface area (Å²) >= 11 is 0. The molecule has 1 aliphatic rings. The summed E-state index contributed by atoms with van der Waals surface area (Å²) in [5, 5.41) is 18.2. The van der Waals surface area contributed by atoms with Crippen LogP contribution in [0, 0.1) is 11.8 Å². The average molecular weight is 403 g/mol. The normalized spacial score (nSPS) is 19.4. The van der Waals surface area contributed by atoms with Gasteiger partial charge in [0.1, 0.15) is 0 Å². The van der Waals surface area contributed by atoms with E-state index in [0.717, 1.165) is 13.1 Å². The zero-order valence-corrected chi connectivity index (χ0v) is 16.9. The fourth-order valence-corrected chi connectivity index (χ4v) is 2.80. The Kier molecular flexibility index (Phi) is 11.7. The first-order chi connectivity index (χ1) is 12.2. The third kappa shape index (κ3) is 9.08. The molecule has 2 unspecified atom stereocenters. The number of aromatic carboxylic acids is 1. The summed E-state index contributed by atoms with van der Waals surface area (Å²) in [5.41, 5.74) is 6.17. The second-order valence-electron chi connectivity index (χ2n) is 6.80. The molecule has 1 aromatic carbocycles. The maximum atomic E-state index is 11.6. The summed E-state index contributed by atoms with van der Waals surface area (Å²) in [6.45, 7) is 8.95. The number of hydrogen-bond donors (Lipinski definition) is 3. The molecule has 2 atom stereocenters. The van der Waals surface area contributed by atoms with Crippen molar-refractivity contribution < 1.29 is 24.5 Å². The predicted molar refractivity (Wildman–Crippen MR) is 107 cm³/mol. The van der Waals surface area contributed by atoms with E-state index < -0.39 is 12.1 Å². The van der Waals surface area contributed by atoms with Gasteiger partial charge in [-0.3, -0.25) is 4.79 Å². The number of carbonyl (C=O) groups is 2. The predicted octanol–water partition coefficient (Wildman–Crippen LogP) is 2.28. The minimum absolute atomic E-state index is 0. The Morgan fingerprint density at radius 1 is 1.30 bits per heavy atom. The van der Waals surface area contributed by atoms with Crippen molar-refractivity contribution in [3.63, 3.8) is 0 Å². The van der Waals surface area contributed by atoms with E-state index in [9.17, 15) is 14.7 Å². The van der Waals surface area contributed by atoms with E-state index in [1.54, 1.807) is 19.1 Å². The Morgan fingerprint density at radius 3 is 2.37 bits per heavy atom. The van der Waals surface area contributed by atoms with Crippen molar-refractivity contribution in [3.8, 4) is 0 Å². The number of hydrogen-bond acceptors (Lipinski definition) is 6. The van der Waals surface area contributed by atoms with Crippen molar-refractivity contribution in [1.29, 1.82) is 0 Å². The summed E-state index contributed by atoms with van der Waals surface area (Å²) in [6, 6.07) is 6.06. The van der Waals surface area contributed by atoms with E-state index in [4.69, 9.17) is 15.6 Å². The molecule has 0 bridgehead atoms. The number of carboxylic acids is 1. The van der Waals surface area contributed by atoms with E-state index in [1.165, 1.54) is 12.1 Å². The van der Waals surface area contributed by atoms with E-state index in [1.807, 2.05) is 0 Å². The van der Waals surface area contributed by atoms with Crippen molar-refractivity contribution in [1.82, 2.24) is 4.90 Å². The molecule has 0 radical (unpaired) electrons. The number of ether oxygens (including phenoxy) is 1. The zero-order valence-electron chi connectivity index (χ0n) is 16.1. The monoisotopic (exact) mass is 402 g/mol. The molecule has 0 aliphatic carbocycles. The number of anilines is 1. The second-order valence-corrected chi connectivity index (χ2v) is 6.80. The molecule has 1 heterocycles. The number of benzene rings is 1. The summed E-state index contributed by atoms with van der Waals surface area (Å²) in [7, 11) is 0. The van der Waals surface area contributed by atoms with Gasteiger partial charge >= 0.3 is 11.9 Å². The van der Waals surface area contributed by atoms with Gasteiger partial charge in [0.15, 0.2) is 0 Å². The summed E-state index contributed by atoms with van der Waals surface area (Å²) in [4.78, 5) is 24.1. The van der Waals surface area contributed by atoms with Crippen LogP contribution in [0.3, 0.4) is 0 Å². The number of aliphatic hydroxyl groups is 1. The van der Waals surface area contributed by atoms with Gasteiger partial charge in [0, 0.05) is 25.3 Å². The van der Waals surface area contributed by atoms with Gasteiger partial charge in [-0.15, -0.1) is 12.4 Å². The van der Waals surface area contributed by atoms with Crippen LogP contribution in [0.5, 0.6) is 0 Å². The fraction of sp³-hybridized carbons (Fsp3) is 0.579. The van der Waals surface area contributed by atoms with Crippen molar-refractivity contribution in [2.45, 2.75) is 33.3 Å². The lowest BCUT2D eigenvalue weighted by Crippen LogP contribution is -2.48. The van der Waals surface area contributed by atoms with Crippen LogP contribution in [-0.4, -0.2) is 59.4 Å². The Hall–Kier alpha value is -1.83. The topological polar surface area (TPSA) is 113 Å². The molecule has 8 heteroatoms. The molecule has 1 aliphatic heterocycles. The highest BCUT2D eigenvalue weighted by Gasteiger charge is 2.34. The smallest absolute Gasteiger partial charge is 0.335 e. The molecule has 4 N–H and O–H groups in total. The first kappa shape index (κ1) is 25.2. The van der Waals surface area contributed by atoms with Gasteiger partial charge in [-0.05, 0) is 43.5 Å². The van der Waals surface area contributed by atoms with Gasteiger partial charge < -0.3 is 25.6 Å². The highest BCUT2D eigenvalue weighted by molar-refractivity contribution is 5.87. The number of aliphatic hydroxyl groups excluding tert-OH is 1. The Morgan fingerprint density at radius 2 is 1.89 bits per heavy atom. The maximum absolute atomic E-state index is 11.6. The quantitative estimate of drug-likeness (QED) is 0.511. The Bertz CT molecular complexity index is 580. The molecule has 0 spiro atoms. The van der Waals surface area contributed by atoms with Crippen molar-refractivity contribution in [2.75, 3.05) is 32.0 Å². The molecule has 2 rings (SSSR count). The number of carboxylic acid groups (broad SMARTS) is 1. The van der Waals surface area contributed by atoms with E-state index in [0.29, 0.717) is 31.2 Å². The SMILES string of the molecule is CCOC(=O)C1CN(CC(C)C)CCC1O.Cl.Nc1ccc(C(=O)O)cc1. The number of carbonyl (C=O) groups excluding carboxylic acids is 1. The average Bonchev–Trinajstić information content (AvgIpc) is 2.57. The lowest BCUT2D eigenvalue weighted by Gasteiger charge is -2.35. The van der Waals surface area contributed by atoms with Crippen LogP contribution in [0.4, 0.5) is 5.69 Å². The number of rotatable bonds is 5. The van der Waals surface area contributed by atoms with E-state index >= 15 is 0 Å². The number of piperidine rings is 1. The van der Waals surface area contributed by atoms with Gasteiger partial charge in [0.25, 0.3) is 0 Å². The highest BCUT2D eigenvalue weighted by Crippen LogP contribution is 2.19. The molecule has 1 fully saturated rings. The maximum Gasteiger partial charge on any atom is 0.335 e. The molecule has 154 valence electrons. The van der Waals surface area contributed by atoms with Gasteiger partial charge in [0.2, 0.25) is 0 Å². The zero-order chi connectivity index (χ0) is 19.7. The van der Waals surface area contributed by atoms with Crippen LogP contribution >= 0.6 is 12.4 Å². The molecule has 0 amide bonds. The van der Waals surface area contributed by atoms with E-state index in [-0.39, 0.29) is 29.9 Å². The van der Waals surface area contributed by atoms with Crippen LogP contribution < -0.4 is 5.73 Å². The highest BCUT2D eigenvalue weighted by atomic mass is 35.5. The molecule has 27 heavy (non-hydrogen) atoms. The molecule has 0 saturated carbocycles. The number of halogens is 1. The first-order valence-corrected chi connectivity index (χ1v) is 8.90. The third-order valence-corrected chi connectivity index (χ3v) is 4.03. The van der Waals surface area contributed by atoms with Gasteiger partial charge in [-0.2, -0.15) is 0 Å². The Labute approximate surface area is 166 Å². The van der Waals surface area contributed by atoms with E-state index in [2.05, 4.69) is 18.7 Å². The summed E-state index contributed by atoms with van der Waals surface area (Å²) in [6.07, 6.45) is 0.124. The van der Waals surface area contributed by atoms with Gasteiger partial charge in [-0.25, -0.2) is 4.79 Å². The minimum atomic E-state index is -0.931. The third-order valence-electron chi connectivity index (χ3n) is 4.03. The first-order valence-electron chi connectivity index (χ1n) is 8.90. The van der Waals surface area contributed by atoms with Crippen molar-refractivity contribution >= 4 is 30.0 Å². The molecular formula is C19H31ClN2O5. The van der Waals surface area contributed by atoms with Gasteiger partial charge in [0.05, 0.1) is 24.2 Å². The number of nitrogens with two attached hydrogens (primary N) is 1. The van der Waals surface area contributed by atoms with Crippen LogP contribution in [0.2, 0.25) is 0 Å². The second kappa shape index (κ2) is 12.5. The lowest BCUT2D eigenvalue weighted by atomic mass is 9.94. The van der Waals surface area contributed by atoms with Gasteiger partial charge in [-0.1, -0.05) is 13.8 Å². The summed E-state index contributed by atoms with van der Waals surface area (Å²) in [5.74, 6) is -0.978. The van der Waals surface area contributed by atoms with Crippen molar-refractivity contribution in [3.05, 3.63) is 29.8 Å². The van der Waals surface area contributed by atoms with Crippen LogP contribution in [0.15, 0.2) is 24.3 Å². The number of likely N-dealkylation sites (tertiary alicyclic amines) is 1.